The van der Waals surface area contributed by atoms with Gasteiger partial charge in [-0.05, 0) is 70.3 Å². The number of hydrogen-bond donors (Lipinski definition) is 0. The van der Waals surface area contributed by atoms with Crippen LogP contribution >= 0.6 is 15.8 Å². The molecule has 165 valence electrons. The second-order valence-electron chi connectivity index (χ2n) is 10.8. The molecule has 31 heavy (non-hydrogen) atoms. The lowest BCUT2D eigenvalue weighted by Gasteiger charge is -2.43. The van der Waals surface area contributed by atoms with Gasteiger partial charge in [0.05, 0.1) is 0 Å². The fourth-order valence-electron chi connectivity index (χ4n) is 5.10. The molecule has 3 atom stereocenters. The molecule has 3 rings (SSSR count). The van der Waals surface area contributed by atoms with Crippen LogP contribution in [0.25, 0.3) is 0 Å². The molecule has 0 heterocycles. The Labute approximate surface area is 193 Å². The number of hydrogen-bond acceptors (Lipinski definition) is 0. The molecular formula is C29H39P2. The average molecular weight is 450 g/mol. The molecule has 0 aliphatic heterocycles. The minimum atomic E-state index is -0.490. The Morgan fingerprint density at radius 3 is 2.19 bits per heavy atom. The second kappa shape index (κ2) is 9.36. The van der Waals surface area contributed by atoms with Gasteiger partial charge in [0.15, 0.2) is 0 Å². The van der Waals surface area contributed by atoms with Gasteiger partial charge in [-0.15, -0.1) is 5.73 Å². The van der Waals surface area contributed by atoms with Gasteiger partial charge in [-0.3, -0.25) is 0 Å². The van der Waals surface area contributed by atoms with Crippen LogP contribution < -0.4 is 5.30 Å². The lowest BCUT2D eigenvalue weighted by Crippen LogP contribution is -2.26. The van der Waals surface area contributed by atoms with Gasteiger partial charge in [0.1, 0.15) is 0 Å². The maximum absolute atomic E-state index is 3.52. The van der Waals surface area contributed by atoms with Crippen LogP contribution in [0.1, 0.15) is 61.0 Å². The average Bonchev–Trinajstić information content (AvgIpc) is 3.11. The zero-order valence-electron chi connectivity index (χ0n) is 20.8. The maximum atomic E-state index is 3.52. The van der Waals surface area contributed by atoms with E-state index in [0.29, 0.717) is 11.6 Å². The van der Waals surface area contributed by atoms with Crippen molar-refractivity contribution in [2.24, 2.45) is 5.92 Å². The molecule has 0 saturated carbocycles. The predicted molar refractivity (Wildman–Crippen MR) is 144 cm³/mol. The van der Waals surface area contributed by atoms with Crippen LogP contribution in [-0.2, 0) is 0 Å². The van der Waals surface area contributed by atoms with Gasteiger partial charge in [0.2, 0.25) is 0 Å². The van der Waals surface area contributed by atoms with Crippen LogP contribution in [0.2, 0.25) is 0 Å². The third kappa shape index (κ3) is 5.25. The summed E-state index contributed by atoms with van der Waals surface area (Å²) >= 11 is 0. The smallest absolute Gasteiger partial charge is 0.0104 e. The van der Waals surface area contributed by atoms with E-state index in [4.69, 9.17) is 0 Å². The molecule has 2 heteroatoms. The second-order valence-corrected chi connectivity index (χ2v) is 17.1. The molecule has 2 aliphatic carbocycles. The third-order valence-corrected chi connectivity index (χ3v) is 12.8. The minimum absolute atomic E-state index is 0.254. The summed E-state index contributed by atoms with van der Waals surface area (Å²) in [6.45, 7) is 21.6. The summed E-state index contributed by atoms with van der Waals surface area (Å²) in [5.74, 6) is 0.479. The predicted octanol–water partition coefficient (Wildman–Crippen LogP) is 8.84. The van der Waals surface area contributed by atoms with Crippen molar-refractivity contribution in [3.05, 3.63) is 88.6 Å². The Kier molecular flexibility index (Phi) is 7.38. The van der Waals surface area contributed by atoms with Crippen molar-refractivity contribution in [1.82, 2.24) is 0 Å². The van der Waals surface area contributed by atoms with Crippen molar-refractivity contribution in [3.8, 4) is 0 Å². The lowest BCUT2D eigenvalue weighted by atomic mass is 10.1. The van der Waals surface area contributed by atoms with Gasteiger partial charge >= 0.3 is 0 Å². The molecule has 0 amide bonds. The quantitative estimate of drug-likeness (QED) is 0.311. The molecule has 1 radical (unpaired) electrons. The summed E-state index contributed by atoms with van der Waals surface area (Å²) in [6, 6.07) is 9.03. The first-order chi connectivity index (χ1) is 14.4. The molecule has 2 aliphatic rings. The Bertz CT molecular complexity index is 955. The van der Waals surface area contributed by atoms with Crippen LogP contribution in [0.4, 0.5) is 0 Å². The zero-order valence-corrected chi connectivity index (χ0v) is 22.6. The largest absolute Gasteiger partial charge is 0.120 e. The fourth-order valence-corrected chi connectivity index (χ4v) is 12.5. The molecule has 0 spiro atoms. The highest BCUT2D eigenvalue weighted by molar-refractivity contribution is 7.71. The van der Waals surface area contributed by atoms with E-state index in [9.17, 15) is 0 Å². The molecule has 1 aromatic rings. The van der Waals surface area contributed by atoms with Crippen molar-refractivity contribution in [3.63, 3.8) is 0 Å². The highest BCUT2D eigenvalue weighted by Crippen LogP contribution is 2.68. The van der Waals surface area contributed by atoms with Crippen molar-refractivity contribution < 1.29 is 0 Å². The van der Waals surface area contributed by atoms with Gasteiger partial charge in [0, 0.05) is 12.1 Å². The van der Waals surface area contributed by atoms with Crippen molar-refractivity contribution >= 4 is 21.1 Å². The first kappa shape index (κ1) is 24.5. The summed E-state index contributed by atoms with van der Waals surface area (Å²) < 4.78 is 0. The van der Waals surface area contributed by atoms with Crippen LogP contribution in [0.15, 0.2) is 76.6 Å². The molecule has 0 aromatic heterocycles. The normalized spacial score (nSPS) is 21.1. The van der Waals surface area contributed by atoms with E-state index in [1.807, 2.05) is 0 Å². The van der Waals surface area contributed by atoms with Gasteiger partial charge in [-0.2, -0.15) is 0 Å². The minimum Gasteiger partial charge on any atom is -0.120 e. The molecule has 0 saturated heterocycles. The van der Waals surface area contributed by atoms with E-state index in [0.717, 1.165) is 0 Å². The monoisotopic (exact) mass is 449 g/mol. The molecule has 1 aromatic carbocycles. The van der Waals surface area contributed by atoms with Gasteiger partial charge in [-0.1, -0.05) is 106 Å². The standard InChI is InChI=1S/C29H39P2/c1-21-15-10-12-18-25(21)30(26-19-13-11-16-22(26)2)23(3)24-17-14-20-27(24)31(28(4,5)6)29(7,8)9/h10-13,15-21,23H,1-9H3/t21?,23-,30?/m0/s1. The van der Waals surface area contributed by atoms with Crippen LogP contribution in [0, 0.1) is 19.3 Å². The van der Waals surface area contributed by atoms with E-state index in [1.54, 1.807) is 10.6 Å². The van der Waals surface area contributed by atoms with E-state index >= 15 is 0 Å². The molecule has 2 unspecified atom stereocenters. The molecule has 0 N–H and O–H groups in total. The van der Waals surface area contributed by atoms with Crippen molar-refractivity contribution in [1.29, 1.82) is 0 Å². The van der Waals surface area contributed by atoms with Crippen LogP contribution in [0.5, 0.6) is 0 Å². The maximum Gasteiger partial charge on any atom is 0.0104 e. The number of rotatable bonds is 5. The highest BCUT2D eigenvalue weighted by atomic mass is 31.1. The third-order valence-electron chi connectivity index (χ3n) is 6.07. The summed E-state index contributed by atoms with van der Waals surface area (Å²) in [5, 5.41) is 5.18. The van der Waals surface area contributed by atoms with E-state index in [1.165, 1.54) is 16.4 Å². The molecular weight excluding hydrogens is 410 g/mol. The number of aryl methyl sites for hydroxylation is 1. The van der Waals surface area contributed by atoms with E-state index in [-0.39, 0.29) is 18.2 Å². The zero-order chi connectivity index (χ0) is 23.0. The Morgan fingerprint density at radius 2 is 1.61 bits per heavy atom. The Hall–Kier alpha value is -1.18. The topological polar surface area (TPSA) is 0 Å². The number of allylic oxidation sites excluding steroid dienone is 7. The number of benzene rings is 1. The lowest BCUT2D eigenvalue weighted by molar-refractivity contribution is 0.711. The van der Waals surface area contributed by atoms with E-state index < -0.39 is 7.92 Å². The highest BCUT2D eigenvalue weighted by Gasteiger charge is 2.40. The summed E-state index contributed by atoms with van der Waals surface area (Å²) in [5.41, 5.74) is 6.92. The van der Waals surface area contributed by atoms with Crippen LogP contribution in [0.3, 0.4) is 0 Å². The first-order valence-corrected chi connectivity index (χ1v) is 14.2. The SMILES string of the molecule is Cc1ccccc1P(C1=C[CH]C=CC1C)[C@@H](C)C1=C(P(C(C)(C)C)C(C)(C)C)C=C=C1. The first-order valence-electron chi connectivity index (χ1n) is 11.5. The Morgan fingerprint density at radius 1 is 0.968 bits per heavy atom. The summed E-state index contributed by atoms with van der Waals surface area (Å²) in [7, 11) is -0.836. The Balaban J connectivity index is 2.16. The van der Waals surface area contributed by atoms with Gasteiger partial charge < -0.3 is 0 Å². The van der Waals surface area contributed by atoms with Gasteiger partial charge in [0.25, 0.3) is 0 Å². The van der Waals surface area contributed by atoms with Gasteiger partial charge in [-0.25, -0.2) is 0 Å². The molecule has 0 bridgehead atoms. The molecule has 0 fully saturated rings. The van der Waals surface area contributed by atoms with Crippen molar-refractivity contribution in [2.75, 3.05) is 0 Å². The van der Waals surface area contributed by atoms with Crippen molar-refractivity contribution in [2.45, 2.75) is 78.3 Å². The molecule has 0 nitrogen and oxygen atoms in total. The fraction of sp³-hybridized carbons (Fsp3) is 0.448. The summed E-state index contributed by atoms with van der Waals surface area (Å²) in [4.78, 5) is 0. The van der Waals surface area contributed by atoms with E-state index in [2.05, 4.69) is 129 Å². The van der Waals surface area contributed by atoms with Crippen LogP contribution in [-0.4, -0.2) is 16.0 Å². The summed E-state index contributed by atoms with van der Waals surface area (Å²) in [6.07, 6.45) is 13.8.